The van der Waals surface area contributed by atoms with Crippen LogP contribution in [-0.2, 0) is 14.6 Å². The number of methoxy groups -OCH3 is 1. The van der Waals surface area contributed by atoms with Gasteiger partial charge in [0.05, 0.1) is 17.1 Å². The van der Waals surface area contributed by atoms with Crippen LogP contribution in [0.15, 0.2) is 24.3 Å². The van der Waals surface area contributed by atoms with Crippen LogP contribution >= 0.6 is 0 Å². The fourth-order valence-electron chi connectivity index (χ4n) is 3.82. The number of carbonyl (C=O) groups is 1. The number of hydrogen-bond donors (Lipinski definition) is 0. The summed E-state index contributed by atoms with van der Waals surface area (Å²) in [5.74, 6) is 0.584. The SMILES string of the molecule is COCCOc1ccc(C(=O)C2CC3CCCC(C2)S3(=O)=O)cc1. The third-order valence-electron chi connectivity index (χ3n) is 5.14. The number of ether oxygens (including phenoxy) is 2. The Balaban J connectivity index is 1.66. The summed E-state index contributed by atoms with van der Waals surface area (Å²) in [6, 6.07) is 7.10. The van der Waals surface area contributed by atoms with E-state index in [1.165, 1.54) is 0 Å². The van der Waals surface area contributed by atoms with Crippen LogP contribution in [0.3, 0.4) is 0 Å². The lowest BCUT2D eigenvalue weighted by atomic mass is 9.84. The van der Waals surface area contributed by atoms with Gasteiger partial charge in [0.15, 0.2) is 15.6 Å². The van der Waals surface area contributed by atoms with E-state index in [-0.39, 0.29) is 22.2 Å². The zero-order chi connectivity index (χ0) is 17.2. The van der Waals surface area contributed by atoms with Crippen LogP contribution in [-0.4, -0.2) is 45.0 Å². The molecular weight excluding hydrogens is 328 g/mol. The fraction of sp³-hybridized carbons (Fsp3) is 0.611. The molecule has 2 aliphatic rings. The van der Waals surface area contributed by atoms with Crippen molar-refractivity contribution in [1.82, 2.24) is 0 Å². The summed E-state index contributed by atoms with van der Waals surface area (Å²) in [5, 5.41) is -0.647. The van der Waals surface area contributed by atoms with Gasteiger partial charge >= 0.3 is 0 Å². The molecule has 2 aliphatic heterocycles. The number of fused-ring (bicyclic) bond motifs is 2. The Labute approximate surface area is 143 Å². The van der Waals surface area contributed by atoms with Gasteiger partial charge in [-0.1, -0.05) is 6.42 Å². The molecule has 24 heavy (non-hydrogen) atoms. The predicted molar refractivity (Wildman–Crippen MR) is 91.2 cm³/mol. The van der Waals surface area contributed by atoms with Crippen molar-refractivity contribution >= 4 is 15.6 Å². The Kier molecular flexibility index (Phi) is 5.25. The van der Waals surface area contributed by atoms with E-state index in [0.29, 0.717) is 50.2 Å². The first-order valence-corrected chi connectivity index (χ1v) is 10.1. The Morgan fingerprint density at radius 3 is 2.29 bits per heavy atom. The molecule has 0 amide bonds. The molecule has 2 fully saturated rings. The lowest BCUT2D eigenvalue weighted by Crippen LogP contribution is -2.45. The first kappa shape index (κ1) is 17.4. The van der Waals surface area contributed by atoms with Gasteiger partial charge in [0.1, 0.15) is 12.4 Å². The Morgan fingerprint density at radius 1 is 1.08 bits per heavy atom. The number of rotatable bonds is 6. The summed E-state index contributed by atoms with van der Waals surface area (Å²) in [5.41, 5.74) is 0.636. The average Bonchev–Trinajstić information content (AvgIpc) is 2.54. The van der Waals surface area contributed by atoms with Crippen molar-refractivity contribution in [2.75, 3.05) is 20.3 Å². The predicted octanol–water partition coefficient (Wildman–Crippen LogP) is 2.64. The molecule has 0 aromatic heterocycles. The molecule has 5 nitrogen and oxygen atoms in total. The Hall–Kier alpha value is -1.40. The molecule has 0 spiro atoms. The van der Waals surface area contributed by atoms with Gasteiger partial charge < -0.3 is 9.47 Å². The first-order valence-electron chi connectivity index (χ1n) is 8.51. The summed E-state index contributed by atoms with van der Waals surface area (Å²) in [6.07, 6.45) is 3.32. The molecule has 1 aromatic rings. The van der Waals surface area contributed by atoms with Crippen LogP contribution < -0.4 is 4.74 Å². The quantitative estimate of drug-likeness (QED) is 0.581. The number of carbonyl (C=O) groups excluding carboxylic acids is 1. The van der Waals surface area contributed by atoms with E-state index in [1.807, 2.05) is 0 Å². The third-order valence-corrected chi connectivity index (χ3v) is 7.86. The summed E-state index contributed by atoms with van der Waals surface area (Å²) in [7, 11) is -1.40. The standard InChI is InChI=1S/C18H24O5S/c1-22-9-10-23-15-7-5-13(6-8-15)18(19)14-11-16-3-2-4-17(12-14)24(16,20)21/h5-8,14,16-17H,2-4,9-12H2,1H3. The van der Waals surface area contributed by atoms with Crippen LogP contribution in [0, 0.1) is 5.92 Å². The highest BCUT2D eigenvalue weighted by atomic mass is 32.2. The van der Waals surface area contributed by atoms with Gasteiger partial charge in [-0.05, 0) is 49.9 Å². The highest BCUT2D eigenvalue weighted by molar-refractivity contribution is 7.92. The first-order chi connectivity index (χ1) is 11.5. The molecule has 0 radical (unpaired) electrons. The van der Waals surface area contributed by atoms with Crippen molar-refractivity contribution in [3.05, 3.63) is 29.8 Å². The number of sulfone groups is 1. The van der Waals surface area contributed by atoms with E-state index < -0.39 is 9.84 Å². The average molecular weight is 352 g/mol. The third kappa shape index (κ3) is 3.49. The number of benzene rings is 1. The van der Waals surface area contributed by atoms with E-state index in [9.17, 15) is 13.2 Å². The van der Waals surface area contributed by atoms with Gasteiger partial charge in [-0.3, -0.25) is 4.79 Å². The van der Waals surface area contributed by atoms with Crippen molar-refractivity contribution in [2.24, 2.45) is 5.92 Å². The summed E-state index contributed by atoms with van der Waals surface area (Å²) in [4.78, 5) is 12.8. The molecule has 2 saturated heterocycles. The fourth-order valence-corrected chi connectivity index (χ4v) is 6.35. The van der Waals surface area contributed by atoms with E-state index in [4.69, 9.17) is 9.47 Å². The van der Waals surface area contributed by atoms with Crippen LogP contribution in [0.1, 0.15) is 42.5 Å². The van der Waals surface area contributed by atoms with Crippen LogP contribution in [0.2, 0.25) is 0 Å². The molecule has 2 heterocycles. The molecule has 0 saturated carbocycles. The maximum atomic E-state index is 12.8. The van der Waals surface area contributed by atoms with Gasteiger partial charge in [0.25, 0.3) is 0 Å². The van der Waals surface area contributed by atoms with E-state index >= 15 is 0 Å². The van der Waals surface area contributed by atoms with Gasteiger partial charge in [-0.25, -0.2) is 8.42 Å². The lowest BCUT2D eigenvalue weighted by Gasteiger charge is -2.38. The normalized spacial score (nSPS) is 28.3. The molecule has 132 valence electrons. The summed E-state index contributed by atoms with van der Waals surface area (Å²) < 4.78 is 35.1. The minimum Gasteiger partial charge on any atom is -0.491 e. The molecular formula is C18H24O5S. The Bertz CT molecular complexity index is 660. The van der Waals surface area contributed by atoms with Crippen LogP contribution in [0.4, 0.5) is 0 Å². The van der Waals surface area contributed by atoms with Crippen molar-refractivity contribution in [1.29, 1.82) is 0 Å². The molecule has 3 rings (SSSR count). The monoisotopic (exact) mass is 352 g/mol. The van der Waals surface area contributed by atoms with Crippen molar-refractivity contribution in [2.45, 2.75) is 42.6 Å². The smallest absolute Gasteiger partial charge is 0.166 e. The van der Waals surface area contributed by atoms with E-state index in [1.54, 1.807) is 31.4 Å². The minimum atomic E-state index is -3.02. The maximum absolute atomic E-state index is 12.8. The van der Waals surface area contributed by atoms with E-state index in [0.717, 1.165) is 6.42 Å². The number of ketones is 1. The number of Topliss-reactive ketones (excluding diaryl/α,β-unsaturated/α-hetero) is 1. The molecule has 0 N–H and O–H groups in total. The molecule has 2 unspecified atom stereocenters. The van der Waals surface area contributed by atoms with Gasteiger partial charge in [-0.2, -0.15) is 0 Å². The van der Waals surface area contributed by atoms with Crippen LogP contribution in [0.25, 0.3) is 0 Å². The molecule has 2 bridgehead atoms. The second kappa shape index (κ2) is 7.23. The van der Waals surface area contributed by atoms with Gasteiger partial charge in [-0.15, -0.1) is 0 Å². The molecule has 6 heteroatoms. The van der Waals surface area contributed by atoms with Crippen LogP contribution in [0.5, 0.6) is 5.75 Å². The minimum absolute atomic E-state index is 0.0604. The van der Waals surface area contributed by atoms with Gasteiger partial charge in [0.2, 0.25) is 0 Å². The lowest BCUT2D eigenvalue weighted by molar-refractivity contribution is 0.0894. The topological polar surface area (TPSA) is 69.7 Å². The second-order valence-electron chi connectivity index (χ2n) is 6.66. The number of hydrogen-bond acceptors (Lipinski definition) is 5. The molecule has 2 atom stereocenters. The molecule has 1 aromatic carbocycles. The summed E-state index contributed by atoms with van der Waals surface area (Å²) in [6.45, 7) is 0.980. The zero-order valence-electron chi connectivity index (χ0n) is 13.9. The van der Waals surface area contributed by atoms with E-state index in [2.05, 4.69) is 0 Å². The zero-order valence-corrected chi connectivity index (χ0v) is 14.8. The van der Waals surface area contributed by atoms with Crippen molar-refractivity contribution in [3.8, 4) is 5.75 Å². The summed E-state index contributed by atoms with van der Waals surface area (Å²) >= 11 is 0. The van der Waals surface area contributed by atoms with Crippen molar-refractivity contribution < 1.29 is 22.7 Å². The molecule has 0 aliphatic carbocycles. The van der Waals surface area contributed by atoms with Gasteiger partial charge in [0, 0.05) is 18.6 Å². The Morgan fingerprint density at radius 2 is 1.71 bits per heavy atom. The maximum Gasteiger partial charge on any atom is 0.166 e. The van der Waals surface area contributed by atoms with Crippen molar-refractivity contribution in [3.63, 3.8) is 0 Å². The largest absolute Gasteiger partial charge is 0.491 e. The highest BCUT2D eigenvalue weighted by Gasteiger charge is 2.45. The highest BCUT2D eigenvalue weighted by Crippen LogP contribution is 2.40. The second-order valence-corrected chi connectivity index (χ2v) is 9.17.